The van der Waals surface area contributed by atoms with E-state index in [0.29, 0.717) is 18.5 Å². The lowest BCUT2D eigenvalue weighted by molar-refractivity contribution is 0.0691. The summed E-state index contributed by atoms with van der Waals surface area (Å²) in [5, 5.41) is 9.01. The minimum Gasteiger partial charge on any atom is -0.478 e. The van der Waals surface area contributed by atoms with Gasteiger partial charge in [0.2, 0.25) is 0 Å². The average molecular weight is 301 g/mol. The van der Waals surface area contributed by atoms with E-state index in [-0.39, 0.29) is 11.6 Å². The van der Waals surface area contributed by atoms with Crippen LogP contribution in [0.1, 0.15) is 34.1 Å². The number of carbonyl (C=O) groups excluding carboxylic acids is 1. The number of carboxylic acids is 1. The first kappa shape index (κ1) is 15.7. The van der Waals surface area contributed by atoms with E-state index in [1.165, 1.54) is 23.1 Å². The van der Waals surface area contributed by atoms with Crippen LogP contribution < -0.4 is 4.90 Å². The minimum absolute atomic E-state index is 0.0180. The molecule has 5 heteroatoms. The predicted molar refractivity (Wildman–Crippen MR) is 81.8 cm³/mol. The Bertz CT molecular complexity index is 686. The number of rotatable bonds is 5. The third-order valence-corrected chi connectivity index (χ3v) is 3.21. The molecule has 2 aromatic rings. The van der Waals surface area contributed by atoms with Crippen molar-refractivity contribution in [1.29, 1.82) is 0 Å². The van der Waals surface area contributed by atoms with E-state index < -0.39 is 17.3 Å². The molecule has 0 saturated heterocycles. The average Bonchev–Trinajstić information content (AvgIpc) is 2.53. The summed E-state index contributed by atoms with van der Waals surface area (Å²) in [5.41, 5.74) is -0.0360. The lowest BCUT2D eigenvalue weighted by Gasteiger charge is -2.23. The molecule has 4 nitrogen and oxygen atoms in total. The monoisotopic (exact) mass is 301 g/mol. The maximum atomic E-state index is 14.4. The highest BCUT2D eigenvalue weighted by Crippen LogP contribution is 2.24. The number of amides is 1. The van der Waals surface area contributed by atoms with E-state index in [1.54, 1.807) is 30.3 Å². The van der Waals surface area contributed by atoms with E-state index in [9.17, 15) is 14.0 Å². The molecule has 0 heterocycles. The van der Waals surface area contributed by atoms with Gasteiger partial charge in [0.15, 0.2) is 5.82 Å². The van der Waals surface area contributed by atoms with Crippen LogP contribution in [0.5, 0.6) is 0 Å². The van der Waals surface area contributed by atoms with Crippen LogP contribution in [-0.2, 0) is 0 Å². The first-order chi connectivity index (χ1) is 10.6. The van der Waals surface area contributed by atoms with Crippen LogP contribution in [0.15, 0.2) is 48.5 Å². The standard InChI is InChI=1S/C17H16FNO3/c1-2-11-19(16(20)12-7-4-3-5-8-12)14-10-6-9-13(15(14)18)17(21)22/h3-10H,2,11H2,1H3,(H,21,22). The second kappa shape index (κ2) is 6.85. The van der Waals surface area contributed by atoms with Crippen molar-refractivity contribution in [3.8, 4) is 0 Å². The zero-order valence-corrected chi connectivity index (χ0v) is 12.1. The van der Waals surface area contributed by atoms with Gasteiger partial charge in [0.25, 0.3) is 5.91 Å². The SMILES string of the molecule is CCCN(C(=O)c1ccccc1)c1cccc(C(=O)O)c1F. The predicted octanol–water partition coefficient (Wildman–Crippen LogP) is 3.58. The second-order valence-corrected chi connectivity index (χ2v) is 4.77. The lowest BCUT2D eigenvalue weighted by atomic mass is 10.1. The first-order valence-electron chi connectivity index (χ1n) is 6.95. The van der Waals surface area contributed by atoms with Gasteiger partial charge in [-0.05, 0) is 30.7 Å². The summed E-state index contributed by atoms with van der Waals surface area (Å²) in [7, 11) is 0. The number of hydrogen-bond acceptors (Lipinski definition) is 2. The summed E-state index contributed by atoms with van der Waals surface area (Å²) in [6.45, 7) is 2.16. The number of hydrogen-bond donors (Lipinski definition) is 1. The molecule has 0 aliphatic rings. The Labute approximate surface area is 127 Å². The molecular formula is C17H16FNO3. The van der Waals surface area contributed by atoms with E-state index >= 15 is 0 Å². The first-order valence-corrected chi connectivity index (χ1v) is 6.95. The Hall–Kier alpha value is -2.69. The van der Waals surface area contributed by atoms with Gasteiger partial charge in [-0.2, -0.15) is 0 Å². The number of aromatic carboxylic acids is 1. The number of halogens is 1. The van der Waals surface area contributed by atoms with Crippen LogP contribution in [0.3, 0.4) is 0 Å². The van der Waals surface area contributed by atoms with Gasteiger partial charge in [0.05, 0.1) is 11.3 Å². The number of nitrogens with zero attached hydrogens (tertiary/aromatic N) is 1. The molecule has 1 amide bonds. The molecule has 0 aliphatic carbocycles. The normalized spacial score (nSPS) is 10.3. The quantitative estimate of drug-likeness (QED) is 0.918. The summed E-state index contributed by atoms with van der Waals surface area (Å²) < 4.78 is 14.4. The topological polar surface area (TPSA) is 57.6 Å². The van der Waals surface area contributed by atoms with Gasteiger partial charge >= 0.3 is 5.97 Å². The van der Waals surface area contributed by atoms with Gasteiger partial charge in [0, 0.05) is 12.1 Å². The molecule has 0 radical (unpaired) electrons. The van der Waals surface area contributed by atoms with Crippen molar-refractivity contribution in [3.05, 3.63) is 65.5 Å². The molecule has 0 spiro atoms. The fourth-order valence-corrected chi connectivity index (χ4v) is 2.18. The van der Waals surface area contributed by atoms with Gasteiger partial charge in [-0.3, -0.25) is 4.79 Å². The van der Waals surface area contributed by atoms with Gasteiger partial charge < -0.3 is 10.0 Å². The van der Waals surface area contributed by atoms with Gasteiger partial charge in [-0.25, -0.2) is 9.18 Å². The summed E-state index contributed by atoms with van der Waals surface area (Å²) in [6, 6.07) is 12.5. The molecule has 2 aromatic carbocycles. The van der Waals surface area contributed by atoms with Crippen molar-refractivity contribution >= 4 is 17.6 Å². The Morgan fingerprint density at radius 3 is 2.36 bits per heavy atom. The summed E-state index contributed by atoms with van der Waals surface area (Å²) in [5.74, 6) is -2.61. The third kappa shape index (κ3) is 3.14. The Morgan fingerprint density at radius 1 is 1.09 bits per heavy atom. The van der Waals surface area contributed by atoms with E-state index in [1.807, 2.05) is 6.92 Å². The largest absolute Gasteiger partial charge is 0.478 e. The van der Waals surface area contributed by atoms with Crippen LogP contribution in [0.25, 0.3) is 0 Å². The number of benzene rings is 2. The number of carboxylic acid groups (broad SMARTS) is 1. The Morgan fingerprint density at radius 2 is 1.77 bits per heavy atom. The molecule has 0 aliphatic heterocycles. The molecule has 0 unspecified atom stereocenters. The molecule has 0 bridgehead atoms. The van der Waals surface area contributed by atoms with Crippen LogP contribution in [-0.4, -0.2) is 23.5 Å². The molecule has 0 aromatic heterocycles. The zero-order valence-electron chi connectivity index (χ0n) is 12.1. The summed E-state index contributed by atoms with van der Waals surface area (Å²) in [4.78, 5) is 24.9. The van der Waals surface area contributed by atoms with E-state index in [0.717, 1.165) is 0 Å². The second-order valence-electron chi connectivity index (χ2n) is 4.77. The molecular weight excluding hydrogens is 285 g/mol. The maximum absolute atomic E-state index is 14.4. The van der Waals surface area contributed by atoms with Crippen LogP contribution in [0, 0.1) is 5.82 Å². The van der Waals surface area contributed by atoms with Gasteiger partial charge in [-0.1, -0.05) is 31.2 Å². The molecule has 2 rings (SSSR count). The number of carbonyl (C=O) groups is 2. The Kier molecular flexibility index (Phi) is 4.88. The Balaban J connectivity index is 2.47. The fraction of sp³-hybridized carbons (Fsp3) is 0.176. The smallest absolute Gasteiger partial charge is 0.338 e. The maximum Gasteiger partial charge on any atom is 0.338 e. The van der Waals surface area contributed by atoms with Crippen molar-refractivity contribution in [3.63, 3.8) is 0 Å². The number of anilines is 1. The molecule has 22 heavy (non-hydrogen) atoms. The van der Waals surface area contributed by atoms with Crippen molar-refractivity contribution in [2.45, 2.75) is 13.3 Å². The van der Waals surface area contributed by atoms with Crippen molar-refractivity contribution in [2.24, 2.45) is 0 Å². The van der Waals surface area contributed by atoms with Crippen LogP contribution in [0.2, 0.25) is 0 Å². The van der Waals surface area contributed by atoms with Gasteiger partial charge in [-0.15, -0.1) is 0 Å². The van der Waals surface area contributed by atoms with Gasteiger partial charge in [0.1, 0.15) is 0 Å². The van der Waals surface area contributed by atoms with E-state index in [4.69, 9.17) is 5.11 Å². The highest BCUT2D eigenvalue weighted by Gasteiger charge is 2.23. The van der Waals surface area contributed by atoms with Crippen molar-refractivity contribution < 1.29 is 19.1 Å². The van der Waals surface area contributed by atoms with Crippen molar-refractivity contribution in [1.82, 2.24) is 0 Å². The minimum atomic E-state index is -1.36. The zero-order chi connectivity index (χ0) is 16.1. The molecule has 0 atom stereocenters. The van der Waals surface area contributed by atoms with Crippen LogP contribution >= 0.6 is 0 Å². The summed E-state index contributed by atoms with van der Waals surface area (Å²) >= 11 is 0. The third-order valence-electron chi connectivity index (χ3n) is 3.21. The highest BCUT2D eigenvalue weighted by atomic mass is 19.1. The molecule has 0 saturated carbocycles. The highest BCUT2D eigenvalue weighted by molar-refractivity contribution is 6.06. The lowest BCUT2D eigenvalue weighted by Crippen LogP contribution is -2.32. The van der Waals surface area contributed by atoms with Crippen molar-refractivity contribution in [2.75, 3.05) is 11.4 Å². The van der Waals surface area contributed by atoms with E-state index in [2.05, 4.69) is 0 Å². The summed E-state index contributed by atoms with van der Waals surface area (Å²) in [6.07, 6.45) is 0.620. The molecule has 114 valence electrons. The fourth-order valence-electron chi connectivity index (χ4n) is 2.18. The van der Waals surface area contributed by atoms with Crippen LogP contribution in [0.4, 0.5) is 10.1 Å². The molecule has 0 fully saturated rings. The molecule has 1 N–H and O–H groups in total.